The molecule has 1 N–H and O–H groups in total. The molecule has 0 aliphatic heterocycles. The first kappa shape index (κ1) is 17.5. The smallest absolute Gasteiger partial charge is 0.206 e. The Morgan fingerprint density at radius 1 is 0.846 bits per heavy atom. The van der Waals surface area contributed by atoms with E-state index in [2.05, 4.69) is 0 Å². The van der Waals surface area contributed by atoms with E-state index in [1.807, 2.05) is 60.7 Å². The highest BCUT2D eigenvalue weighted by Gasteiger charge is 2.21. The van der Waals surface area contributed by atoms with Crippen LogP contribution in [0.2, 0.25) is 0 Å². The highest BCUT2D eigenvalue weighted by molar-refractivity contribution is 5.79. The number of carbonyl (C=O) groups excluding carboxylic acids is 1. The molecule has 0 fully saturated rings. The van der Waals surface area contributed by atoms with Gasteiger partial charge in [0.15, 0.2) is 17.9 Å². The summed E-state index contributed by atoms with van der Waals surface area (Å²) in [5.74, 6) is -1.64. The molecule has 0 aliphatic rings. The van der Waals surface area contributed by atoms with E-state index >= 15 is 0 Å². The summed E-state index contributed by atoms with van der Waals surface area (Å²) in [6.45, 7) is 0.192. The minimum atomic E-state index is -0.864. The minimum absolute atomic E-state index is 0.0706. The van der Waals surface area contributed by atoms with Gasteiger partial charge in [0, 0.05) is 0 Å². The molecule has 0 spiro atoms. The summed E-state index contributed by atoms with van der Waals surface area (Å²) in [5, 5.41) is 10.2. The van der Waals surface area contributed by atoms with Crippen molar-refractivity contribution in [2.45, 2.75) is 13.2 Å². The van der Waals surface area contributed by atoms with Crippen LogP contribution in [0.1, 0.15) is 21.5 Å². The summed E-state index contributed by atoms with van der Waals surface area (Å²) in [6.07, 6.45) is 0.325. The quantitative estimate of drug-likeness (QED) is 0.636. The fourth-order valence-corrected chi connectivity index (χ4v) is 2.44. The molecular formula is C21H17FO4. The number of ether oxygens (including phenoxy) is 2. The molecule has 0 saturated carbocycles. The average molecular weight is 352 g/mol. The Balaban J connectivity index is 1.88. The van der Waals surface area contributed by atoms with Gasteiger partial charge in [-0.05, 0) is 17.2 Å². The number of hydrogen-bond acceptors (Lipinski definition) is 4. The lowest BCUT2D eigenvalue weighted by atomic mass is 10.1. The lowest BCUT2D eigenvalue weighted by Crippen LogP contribution is -2.04. The molecule has 3 rings (SSSR count). The van der Waals surface area contributed by atoms with Gasteiger partial charge in [-0.1, -0.05) is 60.7 Å². The molecule has 3 aromatic carbocycles. The molecule has 0 aromatic heterocycles. The normalized spacial score (nSPS) is 10.3. The van der Waals surface area contributed by atoms with Crippen molar-refractivity contribution in [3.05, 3.63) is 89.2 Å². The van der Waals surface area contributed by atoms with Crippen LogP contribution in [0.4, 0.5) is 4.39 Å². The van der Waals surface area contributed by atoms with Gasteiger partial charge in [0.2, 0.25) is 11.5 Å². The van der Waals surface area contributed by atoms with E-state index in [9.17, 15) is 14.3 Å². The van der Waals surface area contributed by atoms with Gasteiger partial charge in [0.25, 0.3) is 0 Å². The highest BCUT2D eigenvalue weighted by Crippen LogP contribution is 2.41. The Kier molecular flexibility index (Phi) is 5.49. The highest BCUT2D eigenvalue weighted by atomic mass is 19.1. The van der Waals surface area contributed by atoms with Crippen LogP contribution in [-0.4, -0.2) is 11.4 Å². The number of halogens is 1. The van der Waals surface area contributed by atoms with E-state index in [4.69, 9.17) is 9.47 Å². The predicted octanol–water partition coefficient (Wildman–Crippen LogP) is 4.50. The van der Waals surface area contributed by atoms with Crippen molar-refractivity contribution in [3.63, 3.8) is 0 Å². The largest absolute Gasteiger partial charge is 0.504 e. The first-order chi connectivity index (χ1) is 12.7. The second kappa shape index (κ2) is 8.16. The number of aromatic hydroxyl groups is 1. The molecule has 4 nitrogen and oxygen atoms in total. The van der Waals surface area contributed by atoms with Crippen LogP contribution in [0.5, 0.6) is 17.2 Å². The molecule has 0 unspecified atom stereocenters. The fraction of sp³-hybridized carbons (Fsp3) is 0.0952. The van der Waals surface area contributed by atoms with E-state index in [1.165, 1.54) is 0 Å². The SMILES string of the molecule is O=Cc1cc(O)c(OCc2ccccc2)c(OCc2ccccc2)c1F. The van der Waals surface area contributed by atoms with E-state index < -0.39 is 5.82 Å². The van der Waals surface area contributed by atoms with Crippen LogP contribution in [-0.2, 0) is 13.2 Å². The number of phenolic OH excluding ortho intramolecular Hbond substituents is 1. The molecular weight excluding hydrogens is 335 g/mol. The van der Waals surface area contributed by atoms with Gasteiger partial charge >= 0.3 is 0 Å². The van der Waals surface area contributed by atoms with Gasteiger partial charge in [-0.15, -0.1) is 0 Å². The Morgan fingerprint density at radius 3 is 1.85 bits per heavy atom. The lowest BCUT2D eigenvalue weighted by molar-refractivity contribution is 0.111. The summed E-state index contributed by atoms with van der Waals surface area (Å²) in [5.41, 5.74) is 1.37. The molecule has 0 saturated heterocycles. The van der Waals surface area contributed by atoms with Crippen LogP contribution >= 0.6 is 0 Å². The van der Waals surface area contributed by atoms with Crippen LogP contribution in [0.25, 0.3) is 0 Å². The monoisotopic (exact) mass is 352 g/mol. The summed E-state index contributed by atoms with van der Waals surface area (Å²) in [4.78, 5) is 11.0. The zero-order valence-electron chi connectivity index (χ0n) is 13.9. The maximum atomic E-state index is 14.6. The summed E-state index contributed by atoms with van der Waals surface area (Å²) in [7, 11) is 0. The molecule has 0 radical (unpaired) electrons. The van der Waals surface area contributed by atoms with Crippen molar-refractivity contribution in [2.75, 3.05) is 0 Å². The standard InChI is InChI=1S/C21H17FO4/c22-19-17(12-23)11-18(24)20(25-13-15-7-3-1-4-8-15)21(19)26-14-16-9-5-2-6-10-16/h1-12,24H,13-14H2. The number of phenols is 1. The van der Waals surface area contributed by atoms with Crippen molar-refractivity contribution < 1.29 is 23.8 Å². The topological polar surface area (TPSA) is 55.8 Å². The van der Waals surface area contributed by atoms with Gasteiger partial charge < -0.3 is 14.6 Å². The number of aldehydes is 1. The first-order valence-corrected chi connectivity index (χ1v) is 8.03. The van der Waals surface area contributed by atoms with E-state index in [0.29, 0.717) is 6.29 Å². The molecule has 0 aliphatic carbocycles. The van der Waals surface area contributed by atoms with Gasteiger partial charge in [-0.2, -0.15) is 0 Å². The van der Waals surface area contributed by atoms with Crippen LogP contribution in [0.3, 0.4) is 0 Å². The average Bonchev–Trinajstić information content (AvgIpc) is 2.69. The van der Waals surface area contributed by atoms with Crippen LogP contribution in [0, 0.1) is 5.82 Å². The third-order valence-electron chi connectivity index (χ3n) is 3.76. The molecule has 3 aromatic rings. The van der Waals surface area contributed by atoms with Gasteiger partial charge in [0.1, 0.15) is 13.2 Å². The lowest BCUT2D eigenvalue weighted by Gasteiger charge is -2.16. The third kappa shape index (κ3) is 4.00. The van der Waals surface area contributed by atoms with Gasteiger partial charge in [-0.25, -0.2) is 4.39 Å². The molecule has 0 atom stereocenters. The van der Waals surface area contributed by atoms with Gasteiger partial charge in [-0.3, -0.25) is 4.79 Å². The molecule has 0 bridgehead atoms. The third-order valence-corrected chi connectivity index (χ3v) is 3.76. The molecule has 0 amide bonds. The van der Waals surface area contributed by atoms with Crippen molar-refractivity contribution in [2.24, 2.45) is 0 Å². The summed E-state index contributed by atoms with van der Waals surface area (Å²) in [6, 6.07) is 19.5. The van der Waals surface area contributed by atoms with E-state index in [-0.39, 0.29) is 36.0 Å². The maximum absolute atomic E-state index is 14.6. The first-order valence-electron chi connectivity index (χ1n) is 8.03. The Labute approximate surface area is 150 Å². The molecule has 132 valence electrons. The number of carbonyl (C=O) groups is 1. The van der Waals surface area contributed by atoms with E-state index in [1.54, 1.807) is 0 Å². The van der Waals surface area contributed by atoms with Gasteiger partial charge in [0.05, 0.1) is 5.56 Å². The Hall–Kier alpha value is -3.34. The maximum Gasteiger partial charge on any atom is 0.206 e. The molecule has 26 heavy (non-hydrogen) atoms. The van der Waals surface area contributed by atoms with Crippen molar-refractivity contribution >= 4 is 6.29 Å². The Morgan fingerprint density at radius 2 is 1.35 bits per heavy atom. The van der Waals surface area contributed by atoms with Crippen LogP contribution < -0.4 is 9.47 Å². The zero-order chi connectivity index (χ0) is 18.4. The number of rotatable bonds is 7. The molecule has 0 heterocycles. The fourth-order valence-electron chi connectivity index (χ4n) is 2.44. The minimum Gasteiger partial charge on any atom is -0.504 e. The zero-order valence-corrected chi connectivity index (χ0v) is 13.9. The second-order valence-electron chi connectivity index (χ2n) is 5.62. The predicted molar refractivity (Wildman–Crippen MR) is 95.0 cm³/mol. The second-order valence-corrected chi connectivity index (χ2v) is 5.62. The van der Waals surface area contributed by atoms with Crippen molar-refractivity contribution in [1.82, 2.24) is 0 Å². The number of benzene rings is 3. The summed E-state index contributed by atoms with van der Waals surface area (Å²) < 4.78 is 25.7. The van der Waals surface area contributed by atoms with E-state index in [0.717, 1.165) is 17.2 Å². The molecule has 5 heteroatoms. The van der Waals surface area contributed by atoms with Crippen molar-refractivity contribution in [1.29, 1.82) is 0 Å². The van der Waals surface area contributed by atoms with Crippen molar-refractivity contribution in [3.8, 4) is 17.2 Å². The van der Waals surface area contributed by atoms with Crippen LogP contribution in [0.15, 0.2) is 66.7 Å². The number of hydrogen-bond donors (Lipinski definition) is 1. The summed E-state index contributed by atoms with van der Waals surface area (Å²) >= 11 is 0. The Bertz CT molecular complexity index is 880.